The van der Waals surface area contributed by atoms with Gasteiger partial charge < -0.3 is 4.42 Å². The smallest absolute Gasteiger partial charge is 0.134 e. The summed E-state index contributed by atoms with van der Waals surface area (Å²) in [4.78, 5) is 4.49. The molecule has 0 saturated carbocycles. The predicted molar refractivity (Wildman–Crippen MR) is 95.9 cm³/mol. The number of aromatic nitrogens is 4. The largest absolute Gasteiger partial charge is 0.464 e. The zero-order valence-electron chi connectivity index (χ0n) is 14.1. The minimum atomic E-state index is 0.0122. The van der Waals surface area contributed by atoms with Gasteiger partial charge in [0.15, 0.2) is 0 Å². The molecular weight excluding hydrogens is 312 g/mol. The van der Waals surface area contributed by atoms with E-state index in [1.54, 1.807) is 6.26 Å². The van der Waals surface area contributed by atoms with Crippen LogP contribution in [0.15, 0.2) is 71.6 Å². The Morgan fingerprint density at radius 2 is 1.84 bits per heavy atom. The van der Waals surface area contributed by atoms with Gasteiger partial charge >= 0.3 is 0 Å². The molecule has 0 unspecified atom stereocenters. The Bertz CT molecular complexity index is 988. The third-order valence-electron chi connectivity index (χ3n) is 4.34. The van der Waals surface area contributed by atoms with Gasteiger partial charge in [-0.2, -0.15) is 0 Å². The van der Waals surface area contributed by atoms with Crippen molar-refractivity contribution in [2.24, 2.45) is 0 Å². The fourth-order valence-electron chi connectivity index (χ4n) is 3.00. The summed E-state index contributed by atoms with van der Waals surface area (Å²) in [5.41, 5.74) is 4.95. The number of benzene rings is 1. The first-order chi connectivity index (χ1) is 12.2. The van der Waals surface area contributed by atoms with Crippen molar-refractivity contribution < 1.29 is 4.42 Å². The van der Waals surface area contributed by atoms with Gasteiger partial charge in [0.1, 0.15) is 11.5 Å². The molecule has 0 saturated heterocycles. The average Bonchev–Trinajstić information content (AvgIpc) is 3.33. The van der Waals surface area contributed by atoms with Crippen LogP contribution in [0, 0.1) is 6.92 Å². The molecule has 1 atom stereocenters. The Kier molecular flexibility index (Phi) is 3.90. The van der Waals surface area contributed by atoms with E-state index >= 15 is 0 Å². The van der Waals surface area contributed by atoms with Gasteiger partial charge in [0, 0.05) is 17.3 Å². The van der Waals surface area contributed by atoms with Crippen LogP contribution in [0.2, 0.25) is 0 Å². The van der Waals surface area contributed by atoms with Crippen LogP contribution in [-0.4, -0.2) is 20.0 Å². The molecular formula is C20H18N4O. The number of furan rings is 1. The molecule has 3 aromatic heterocycles. The first kappa shape index (κ1) is 15.3. The van der Waals surface area contributed by atoms with E-state index in [2.05, 4.69) is 35.2 Å². The topological polar surface area (TPSA) is 56.7 Å². The van der Waals surface area contributed by atoms with Crippen LogP contribution in [-0.2, 0) is 0 Å². The molecule has 0 fully saturated rings. The van der Waals surface area contributed by atoms with Gasteiger partial charge in [-0.15, -0.1) is 5.10 Å². The highest BCUT2D eigenvalue weighted by molar-refractivity contribution is 5.78. The van der Waals surface area contributed by atoms with Gasteiger partial charge in [0.2, 0.25) is 0 Å². The van der Waals surface area contributed by atoms with E-state index < -0.39 is 0 Å². The van der Waals surface area contributed by atoms with Crippen LogP contribution in [0.1, 0.15) is 24.2 Å². The lowest BCUT2D eigenvalue weighted by Crippen LogP contribution is -2.10. The van der Waals surface area contributed by atoms with Crippen molar-refractivity contribution in [3.05, 3.63) is 78.4 Å². The molecule has 0 radical (unpaired) electrons. The van der Waals surface area contributed by atoms with Crippen LogP contribution in [0.3, 0.4) is 0 Å². The van der Waals surface area contributed by atoms with Crippen molar-refractivity contribution in [1.29, 1.82) is 0 Å². The number of pyridine rings is 1. The standard InChI is InChI=1S/C20H18N4O/c1-14-7-5-11-21-20(14)15(2)24-13-18(22-23-24)16-8-3-4-9-17(16)19-10-6-12-25-19/h3-13,15H,1-2H3/t15-/m1/s1. The van der Waals surface area contributed by atoms with Crippen molar-refractivity contribution in [2.45, 2.75) is 19.9 Å². The molecule has 0 aliphatic heterocycles. The molecule has 0 aliphatic carbocycles. The number of hydrogen-bond donors (Lipinski definition) is 0. The van der Waals surface area contributed by atoms with Crippen LogP contribution in [0.4, 0.5) is 0 Å². The molecule has 5 heteroatoms. The third-order valence-corrected chi connectivity index (χ3v) is 4.34. The normalized spacial score (nSPS) is 12.2. The Balaban J connectivity index is 1.73. The summed E-state index contributed by atoms with van der Waals surface area (Å²) in [5.74, 6) is 0.818. The summed E-state index contributed by atoms with van der Waals surface area (Å²) in [5, 5.41) is 8.71. The molecule has 4 aromatic rings. The number of rotatable bonds is 4. The van der Waals surface area contributed by atoms with Crippen molar-refractivity contribution >= 4 is 0 Å². The lowest BCUT2D eigenvalue weighted by molar-refractivity contribution is 0.529. The van der Waals surface area contributed by atoms with Crippen molar-refractivity contribution in [3.8, 4) is 22.6 Å². The van der Waals surface area contributed by atoms with Crippen LogP contribution >= 0.6 is 0 Å². The Labute approximate surface area is 146 Å². The quantitative estimate of drug-likeness (QED) is 0.552. The zero-order chi connectivity index (χ0) is 17.2. The maximum absolute atomic E-state index is 5.56. The van der Waals surface area contributed by atoms with E-state index in [0.717, 1.165) is 33.8 Å². The molecule has 0 spiro atoms. The molecule has 4 rings (SSSR count). The number of aryl methyl sites for hydroxylation is 1. The monoisotopic (exact) mass is 330 g/mol. The fraction of sp³-hybridized carbons (Fsp3) is 0.150. The van der Waals surface area contributed by atoms with E-state index in [9.17, 15) is 0 Å². The van der Waals surface area contributed by atoms with E-state index in [0.29, 0.717) is 0 Å². The zero-order valence-corrected chi connectivity index (χ0v) is 14.1. The third kappa shape index (κ3) is 2.85. The van der Waals surface area contributed by atoms with Crippen LogP contribution in [0.5, 0.6) is 0 Å². The van der Waals surface area contributed by atoms with Gasteiger partial charge in [-0.3, -0.25) is 4.98 Å². The Morgan fingerprint density at radius 1 is 1.00 bits per heavy atom. The van der Waals surface area contributed by atoms with Crippen molar-refractivity contribution in [2.75, 3.05) is 0 Å². The summed E-state index contributed by atoms with van der Waals surface area (Å²) < 4.78 is 7.41. The summed E-state index contributed by atoms with van der Waals surface area (Å²) >= 11 is 0. The van der Waals surface area contributed by atoms with E-state index in [4.69, 9.17) is 4.42 Å². The van der Waals surface area contributed by atoms with Gasteiger partial charge in [-0.05, 0) is 37.6 Å². The highest BCUT2D eigenvalue weighted by atomic mass is 16.3. The highest BCUT2D eigenvalue weighted by Gasteiger charge is 2.16. The highest BCUT2D eigenvalue weighted by Crippen LogP contribution is 2.31. The lowest BCUT2D eigenvalue weighted by Gasteiger charge is -2.12. The minimum absolute atomic E-state index is 0.0122. The van der Waals surface area contributed by atoms with Crippen molar-refractivity contribution in [1.82, 2.24) is 20.0 Å². The molecule has 0 amide bonds. The second kappa shape index (κ2) is 6.36. The molecule has 3 heterocycles. The number of nitrogens with zero attached hydrogens (tertiary/aromatic N) is 4. The summed E-state index contributed by atoms with van der Waals surface area (Å²) in [6, 6.07) is 15.9. The molecule has 0 aliphatic rings. The summed E-state index contributed by atoms with van der Waals surface area (Å²) in [6.07, 6.45) is 5.44. The van der Waals surface area contributed by atoms with Gasteiger partial charge in [0.25, 0.3) is 0 Å². The molecule has 1 aromatic carbocycles. The second-order valence-electron chi connectivity index (χ2n) is 5.99. The van der Waals surface area contributed by atoms with Crippen LogP contribution < -0.4 is 0 Å². The van der Waals surface area contributed by atoms with Gasteiger partial charge in [-0.1, -0.05) is 35.5 Å². The minimum Gasteiger partial charge on any atom is -0.464 e. The van der Waals surface area contributed by atoms with Crippen molar-refractivity contribution in [3.63, 3.8) is 0 Å². The molecule has 5 nitrogen and oxygen atoms in total. The SMILES string of the molecule is Cc1cccnc1[C@@H](C)n1cc(-c2ccccc2-c2ccco2)nn1. The molecule has 124 valence electrons. The van der Waals surface area contributed by atoms with Gasteiger partial charge in [0.05, 0.1) is 24.2 Å². The maximum atomic E-state index is 5.56. The van der Waals surface area contributed by atoms with Crippen LogP contribution in [0.25, 0.3) is 22.6 Å². The fourth-order valence-corrected chi connectivity index (χ4v) is 3.00. The maximum Gasteiger partial charge on any atom is 0.134 e. The first-order valence-corrected chi connectivity index (χ1v) is 8.20. The first-order valence-electron chi connectivity index (χ1n) is 8.20. The Morgan fingerprint density at radius 3 is 2.60 bits per heavy atom. The predicted octanol–water partition coefficient (Wildman–Crippen LogP) is 4.52. The Hall–Kier alpha value is -3.21. The lowest BCUT2D eigenvalue weighted by atomic mass is 10.0. The molecule has 25 heavy (non-hydrogen) atoms. The number of hydrogen-bond acceptors (Lipinski definition) is 4. The van der Waals surface area contributed by atoms with Gasteiger partial charge in [-0.25, -0.2) is 4.68 Å². The van der Waals surface area contributed by atoms with E-state index in [-0.39, 0.29) is 6.04 Å². The van der Waals surface area contributed by atoms with E-state index in [1.807, 2.05) is 59.5 Å². The summed E-state index contributed by atoms with van der Waals surface area (Å²) in [7, 11) is 0. The molecule has 0 N–H and O–H groups in total. The summed E-state index contributed by atoms with van der Waals surface area (Å²) in [6.45, 7) is 4.13. The average molecular weight is 330 g/mol. The second-order valence-corrected chi connectivity index (χ2v) is 5.99. The molecule has 0 bridgehead atoms. The van der Waals surface area contributed by atoms with E-state index in [1.165, 1.54) is 0 Å².